The second-order valence-corrected chi connectivity index (χ2v) is 7.51. The van der Waals surface area contributed by atoms with Gasteiger partial charge in [0.2, 0.25) is 0 Å². The van der Waals surface area contributed by atoms with Gasteiger partial charge in [-0.3, -0.25) is 4.79 Å². The molecule has 4 rings (SSSR count). The molecule has 2 aromatic heterocycles. The minimum atomic E-state index is -0.0891. The van der Waals surface area contributed by atoms with Crippen LogP contribution in [0.3, 0.4) is 0 Å². The zero-order chi connectivity index (χ0) is 17.6. The van der Waals surface area contributed by atoms with Crippen molar-refractivity contribution in [1.29, 1.82) is 0 Å². The molecule has 0 radical (unpaired) electrons. The molecule has 1 aliphatic carbocycles. The van der Waals surface area contributed by atoms with Gasteiger partial charge >= 0.3 is 0 Å². The number of aryl methyl sites for hydroxylation is 2. The molecule has 5 heteroatoms. The smallest absolute Gasteiger partial charge is 0.251 e. The third-order valence-corrected chi connectivity index (χ3v) is 5.56. The van der Waals surface area contributed by atoms with Crippen LogP contribution in [0.25, 0.3) is 16.9 Å². The van der Waals surface area contributed by atoms with E-state index >= 15 is 0 Å². The molecule has 0 aliphatic heterocycles. The van der Waals surface area contributed by atoms with Crippen LogP contribution in [0.1, 0.15) is 54.8 Å². The Hall–Kier alpha value is -2.07. The molecule has 0 spiro atoms. The molecule has 4 nitrogen and oxygen atoms in total. The third kappa shape index (κ3) is 2.89. The van der Waals surface area contributed by atoms with Crippen molar-refractivity contribution in [2.75, 3.05) is 0 Å². The van der Waals surface area contributed by atoms with Gasteiger partial charge in [-0.2, -0.15) is 5.10 Å². The predicted molar refractivity (Wildman–Crippen MR) is 102 cm³/mol. The normalized spacial score (nSPS) is 15.8. The van der Waals surface area contributed by atoms with Crippen LogP contribution in [0.2, 0.25) is 5.02 Å². The maximum atomic E-state index is 12.4. The maximum absolute atomic E-state index is 12.4. The van der Waals surface area contributed by atoms with E-state index in [0.717, 1.165) is 28.2 Å². The summed E-state index contributed by atoms with van der Waals surface area (Å²) in [6.07, 6.45) is 6.16. The summed E-state index contributed by atoms with van der Waals surface area (Å²) in [5.74, 6) is 0.489. The van der Waals surface area contributed by atoms with Gasteiger partial charge in [-0.05, 0) is 50.3 Å². The molecular weight excluding hydrogens is 334 g/mol. The number of H-pyrrole nitrogens is 1. The van der Waals surface area contributed by atoms with Gasteiger partial charge in [-0.25, -0.2) is 4.52 Å². The highest BCUT2D eigenvalue weighted by atomic mass is 35.5. The SMILES string of the molecule is Cc1cc(Cl)ccc1-c1cc(=O)[nH]c2c(C3CCCCC3)c(C)nn12. The van der Waals surface area contributed by atoms with Gasteiger partial charge < -0.3 is 4.98 Å². The highest BCUT2D eigenvalue weighted by Gasteiger charge is 2.24. The lowest BCUT2D eigenvalue weighted by atomic mass is 9.84. The van der Waals surface area contributed by atoms with Crippen LogP contribution >= 0.6 is 11.6 Å². The molecular formula is C20H22ClN3O. The standard InChI is InChI=1S/C20H22ClN3O/c1-12-10-15(21)8-9-16(12)17-11-18(25)22-20-19(13(2)23-24(17)20)14-6-4-3-5-7-14/h8-11,14H,3-7H2,1-2H3,(H,22,25). The maximum Gasteiger partial charge on any atom is 0.251 e. The molecule has 1 aliphatic rings. The first-order valence-corrected chi connectivity index (χ1v) is 9.31. The molecule has 1 saturated carbocycles. The van der Waals surface area contributed by atoms with Crippen LogP contribution in [0, 0.1) is 13.8 Å². The van der Waals surface area contributed by atoms with Crippen molar-refractivity contribution in [3.63, 3.8) is 0 Å². The van der Waals surface area contributed by atoms with Crippen molar-refractivity contribution in [1.82, 2.24) is 14.6 Å². The summed E-state index contributed by atoms with van der Waals surface area (Å²) in [7, 11) is 0. The molecule has 0 amide bonds. The first-order valence-electron chi connectivity index (χ1n) is 8.93. The summed E-state index contributed by atoms with van der Waals surface area (Å²) in [5, 5.41) is 5.48. The Morgan fingerprint density at radius 1 is 1.16 bits per heavy atom. The van der Waals surface area contributed by atoms with Crippen molar-refractivity contribution >= 4 is 17.2 Å². The van der Waals surface area contributed by atoms with E-state index < -0.39 is 0 Å². The second kappa shape index (κ2) is 6.34. The van der Waals surface area contributed by atoms with Crippen LogP contribution in [0.15, 0.2) is 29.1 Å². The van der Waals surface area contributed by atoms with Gasteiger partial charge in [0.05, 0.1) is 11.4 Å². The summed E-state index contributed by atoms with van der Waals surface area (Å²) >= 11 is 6.09. The first kappa shape index (κ1) is 16.4. The van der Waals surface area contributed by atoms with E-state index in [1.165, 1.54) is 37.7 Å². The van der Waals surface area contributed by atoms with Gasteiger partial charge in [-0.15, -0.1) is 0 Å². The number of hydrogen-bond donors (Lipinski definition) is 1. The van der Waals surface area contributed by atoms with Crippen molar-refractivity contribution in [3.8, 4) is 11.3 Å². The van der Waals surface area contributed by atoms with Crippen molar-refractivity contribution in [3.05, 3.63) is 56.5 Å². The van der Waals surface area contributed by atoms with E-state index in [-0.39, 0.29) is 5.56 Å². The summed E-state index contributed by atoms with van der Waals surface area (Å²) in [4.78, 5) is 15.4. The summed E-state index contributed by atoms with van der Waals surface area (Å²) in [6.45, 7) is 4.06. The van der Waals surface area contributed by atoms with E-state index in [2.05, 4.69) is 4.98 Å². The van der Waals surface area contributed by atoms with Crippen molar-refractivity contribution < 1.29 is 0 Å². The number of nitrogens with one attached hydrogen (secondary N) is 1. The minimum absolute atomic E-state index is 0.0891. The van der Waals surface area contributed by atoms with Crippen molar-refractivity contribution in [2.24, 2.45) is 0 Å². The molecule has 0 atom stereocenters. The lowest BCUT2D eigenvalue weighted by Gasteiger charge is -2.21. The molecule has 3 aromatic rings. The van der Waals surface area contributed by atoms with E-state index in [1.807, 2.05) is 36.6 Å². The lowest BCUT2D eigenvalue weighted by Crippen LogP contribution is -2.12. The summed E-state index contributed by atoms with van der Waals surface area (Å²) in [6, 6.07) is 7.36. The molecule has 0 saturated heterocycles. The Balaban J connectivity index is 1.96. The van der Waals surface area contributed by atoms with Crippen molar-refractivity contribution in [2.45, 2.75) is 51.9 Å². The van der Waals surface area contributed by atoms with Crippen LogP contribution in [-0.2, 0) is 0 Å². The predicted octanol–water partition coefficient (Wildman–Crippen LogP) is 5.01. The van der Waals surface area contributed by atoms with Gasteiger partial charge in [0.25, 0.3) is 5.56 Å². The van der Waals surface area contributed by atoms with Gasteiger partial charge in [0.15, 0.2) is 0 Å². The fourth-order valence-corrected chi connectivity index (χ4v) is 4.39. The molecule has 130 valence electrons. The molecule has 1 fully saturated rings. The number of aromatic amines is 1. The lowest BCUT2D eigenvalue weighted by molar-refractivity contribution is 0.444. The largest absolute Gasteiger partial charge is 0.307 e. The fraction of sp³-hybridized carbons (Fsp3) is 0.400. The van der Waals surface area contributed by atoms with E-state index in [0.29, 0.717) is 10.9 Å². The van der Waals surface area contributed by atoms with Crippen LogP contribution < -0.4 is 5.56 Å². The van der Waals surface area contributed by atoms with Crippen LogP contribution in [0.5, 0.6) is 0 Å². The van der Waals surface area contributed by atoms with Gasteiger partial charge in [0, 0.05) is 22.2 Å². The molecule has 0 unspecified atom stereocenters. The first-order chi connectivity index (χ1) is 12.0. The topological polar surface area (TPSA) is 50.2 Å². The van der Waals surface area contributed by atoms with E-state index in [4.69, 9.17) is 16.7 Å². The van der Waals surface area contributed by atoms with E-state index in [1.54, 1.807) is 6.07 Å². The second-order valence-electron chi connectivity index (χ2n) is 7.07. The number of nitrogens with zero attached hydrogens (tertiary/aromatic N) is 2. The highest BCUT2D eigenvalue weighted by molar-refractivity contribution is 6.30. The monoisotopic (exact) mass is 355 g/mol. The quantitative estimate of drug-likeness (QED) is 0.702. The van der Waals surface area contributed by atoms with Gasteiger partial charge in [0.1, 0.15) is 5.65 Å². The summed E-state index contributed by atoms with van der Waals surface area (Å²) in [5.41, 5.74) is 5.82. The van der Waals surface area contributed by atoms with Crippen LogP contribution in [-0.4, -0.2) is 14.6 Å². The number of halogens is 1. The Kier molecular flexibility index (Phi) is 4.16. The molecule has 25 heavy (non-hydrogen) atoms. The highest BCUT2D eigenvalue weighted by Crippen LogP contribution is 2.37. The number of fused-ring (bicyclic) bond motifs is 1. The van der Waals surface area contributed by atoms with Crippen LogP contribution in [0.4, 0.5) is 0 Å². The number of benzene rings is 1. The minimum Gasteiger partial charge on any atom is -0.307 e. The molecule has 0 bridgehead atoms. The molecule has 2 heterocycles. The average Bonchev–Trinajstić information content (AvgIpc) is 2.91. The fourth-order valence-electron chi connectivity index (χ4n) is 4.16. The van der Waals surface area contributed by atoms with E-state index in [9.17, 15) is 4.79 Å². The number of aromatic nitrogens is 3. The zero-order valence-electron chi connectivity index (χ0n) is 14.6. The van der Waals surface area contributed by atoms with Gasteiger partial charge in [-0.1, -0.05) is 36.9 Å². The number of rotatable bonds is 2. The Labute approximate surface area is 151 Å². The number of hydrogen-bond acceptors (Lipinski definition) is 2. The Morgan fingerprint density at radius 2 is 1.92 bits per heavy atom. The average molecular weight is 356 g/mol. The Morgan fingerprint density at radius 3 is 2.64 bits per heavy atom. The zero-order valence-corrected chi connectivity index (χ0v) is 15.4. The third-order valence-electron chi connectivity index (χ3n) is 5.32. The molecule has 1 N–H and O–H groups in total. The molecule has 1 aromatic carbocycles. The summed E-state index contributed by atoms with van der Waals surface area (Å²) < 4.78 is 1.90. The Bertz CT molecular complexity index is 996.